The van der Waals surface area contributed by atoms with Crippen LogP contribution in [0.1, 0.15) is 26.7 Å². The van der Waals surface area contributed by atoms with Crippen LogP contribution in [0.5, 0.6) is 0 Å². The van der Waals surface area contributed by atoms with Crippen molar-refractivity contribution in [2.45, 2.75) is 44.4 Å². The van der Waals surface area contributed by atoms with E-state index in [0.29, 0.717) is 39.6 Å². The number of aromatic nitrogens is 2. The maximum atomic E-state index is 12.9. The van der Waals surface area contributed by atoms with Crippen molar-refractivity contribution in [3.8, 4) is 0 Å². The predicted molar refractivity (Wildman–Crippen MR) is 102 cm³/mol. The molecule has 1 aliphatic carbocycles. The summed E-state index contributed by atoms with van der Waals surface area (Å²) in [5.41, 5.74) is 0.506. The molecule has 1 amide bonds. The van der Waals surface area contributed by atoms with Crippen LogP contribution in [0.4, 0.5) is 0 Å². The highest BCUT2D eigenvalue weighted by Crippen LogP contribution is 2.27. The Bertz CT molecular complexity index is 861. The average Bonchev–Trinajstić information content (AvgIpc) is 3.40. The number of thioether (sulfide) groups is 1. The zero-order valence-corrected chi connectivity index (χ0v) is 16.2. The van der Waals surface area contributed by atoms with Crippen LogP contribution in [0, 0.1) is 5.92 Å². The lowest BCUT2D eigenvalue weighted by Gasteiger charge is -2.18. The van der Waals surface area contributed by atoms with E-state index < -0.39 is 0 Å². The molecule has 0 bridgehead atoms. The molecule has 25 heavy (non-hydrogen) atoms. The molecule has 3 rings (SSSR count). The van der Waals surface area contributed by atoms with Crippen LogP contribution < -0.4 is 5.56 Å². The SMILES string of the molecule is CC(C)Cn1c(SCC(=O)N(C)C2CC2)nc2ccc(Cl)cc2c1=O. The molecule has 0 N–H and O–H groups in total. The molecule has 1 fully saturated rings. The van der Waals surface area contributed by atoms with E-state index in [-0.39, 0.29) is 17.2 Å². The Morgan fingerprint density at radius 1 is 1.44 bits per heavy atom. The number of hydrogen-bond donors (Lipinski definition) is 0. The Balaban J connectivity index is 1.93. The zero-order chi connectivity index (χ0) is 18.1. The Kier molecular flexibility index (Phi) is 5.39. The number of rotatable bonds is 6. The second-order valence-electron chi connectivity index (χ2n) is 6.89. The van der Waals surface area contributed by atoms with Gasteiger partial charge in [-0.15, -0.1) is 0 Å². The van der Waals surface area contributed by atoms with Gasteiger partial charge in [-0.2, -0.15) is 0 Å². The second kappa shape index (κ2) is 7.38. The third-order valence-electron chi connectivity index (χ3n) is 4.24. The zero-order valence-electron chi connectivity index (χ0n) is 14.7. The fraction of sp³-hybridized carbons (Fsp3) is 0.500. The van der Waals surface area contributed by atoms with E-state index in [1.54, 1.807) is 27.7 Å². The van der Waals surface area contributed by atoms with Crippen LogP contribution in [-0.2, 0) is 11.3 Å². The van der Waals surface area contributed by atoms with Crippen LogP contribution >= 0.6 is 23.4 Å². The minimum Gasteiger partial charge on any atom is -0.342 e. The Morgan fingerprint density at radius 3 is 2.80 bits per heavy atom. The Labute approximate surface area is 156 Å². The van der Waals surface area contributed by atoms with Crippen molar-refractivity contribution in [1.82, 2.24) is 14.5 Å². The van der Waals surface area contributed by atoms with Crippen molar-refractivity contribution >= 4 is 40.2 Å². The van der Waals surface area contributed by atoms with Gasteiger partial charge in [0.2, 0.25) is 5.91 Å². The number of benzene rings is 1. The molecule has 1 heterocycles. The highest BCUT2D eigenvalue weighted by molar-refractivity contribution is 7.99. The maximum absolute atomic E-state index is 12.9. The summed E-state index contributed by atoms with van der Waals surface area (Å²) in [6, 6.07) is 5.52. The number of carbonyl (C=O) groups excluding carboxylic acids is 1. The fourth-order valence-electron chi connectivity index (χ4n) is 2.70. The molecule has 0 aliphatic heterocycles. The molecular weight excluding hydrogens is 358 g/mol. The van der Waals surface area contributed by atoms with Gasteiger partial charge in [0.1, 0.15) is 0 Å². The monoisotopic (exact) mass is 379 g/mol. The third kappa shape index (κ3) is 4.18. The van der Waals surface area contributed by atoms with Gasteiger partial charge in [-0.3, -0.25) is 14.2 Å². The fourth-order valence-corrected chi connectivity index (χ4v) is 3.81. The number of fused-ring (bicyclic) bond motifs is 1. The summed E-state index contributed by atoms with van der Waals surface area (Å²) in [4.78, 5) is 31.6. The van der Waals surface area contributed by atoms with Crippen molar-refractivity contribution in [2.24, 2.45) is 5.92 Å². The standard InChI is InChI=1S/C18H22ClN3O2S/c1-11(2)9-22-17(24)14-8-12(19)4-7-15(14)20-18(22)25-10-16(23)21(3)13-5-6-13/h4,7-8,11,13H,5-6,9-10H2,1-3H3. The average molecular weight is 380 g/mol. The lowest BCUT2D eigenvalue weighted by Crippen LogP contribution is -2.31. The highest BCUT2D eigenvalue weighted by atomic mass is 35.5. The smallest absolute Gasteiger partial charge is 0.262 e. The summed E-state index contributed by atoms with van der Waals surface area (Å²) in [6.07, 6.45) is 2.17. The van der Waals surface area contributed by atoms with E-state index in [4.69, 9.17) is 11.6 Å². The highest BCUT2D eigenvalue weighted by Gasteiger charge is 2.29. The van der Waals surface area contributed by atoms with Crippen LogP contribution in [0.15, 0.2) is 28.2 Å². The topological polar surface area (TPSA) is 55.2 Å². The van der Waals surface area contributed by atoms with Gasteiger partial charge >= 0.3 is 0 Å². The van der Waals surface area contributed by atoms with Gasteiger partial charge in [0, 0.05) is 24.7 Å². The van der Waals surface area contributed by atoms with E-state index in [0.717, 1.165) is 12.8 Å². The summed E-state index contributed by atoms with van der Waals surface area (Å²) in [6.45, 7) is 4.66. The second-order valence-corrected chi connectivity index (χ2v) is 8.27. The molecule has 0 atom stereocenters. The first kappa shape index (κ1) is 18.3. The first-order valence-electron chi connectivity index (χ1n) is 8.45. The number of nitrogens with zero attached hydrogens (tertiary/aromatic N) is 3. The number of hydrogen-bond acceptors (Lipinski definition) is 4. The quantitative estimate of drug-likeness (QED) is 0.570. The molecule has 0 unspecified atom stereocenters. The van der Waals surface area contributed by atoms with Crippen molar-refractivity contribution < 1.29 is 4.79 Å². The number of carbonyl (C=O) groups is 1. The summed E-state index contributed by atoms with van der Waals surface area (Å²) in [7, 11) is 1.84. The normalized spacial score (nSPS) is 14.3. The molecular formula is C18H22ClN3O2S. The molecule has 5 nitrogen and oxygen atoms in total. The molecule has 1 aromatic carbocycles. The molecule has 0 radical (unpaired) electrons. The van der Waals surface area contributed by atoms with Gasteiger partial charge in [-0.05, 0) is 37.0 Å². The van der Waals surface area contributed by atoms with Crippen molar-refractivity contribution in [1.29, 1.82) is 0 Å². The maximum Gasteiger partial charge on any atom is 0.262 e. The van der Waals surface area contributed by atoms with Gasteiger partial charge in [0.15, 0.2) is 5.16 Å². The van der Waals surface area contributed by atoms with E-state index in [2.05, 4.69) is 18.8 Å². The summed E-state index contributed by atoms with van der Waals surface area (Å²) in [5, 5.41) is 1.62. The molecule has 1 aliphatic rings. The van der Waals surface area contributed by atoms with Crippen LogP contribution in [0.25, 0.3) is 10.9 Å². The van der Waals surface area contributed by atoms with Crippen LogP contribution in [-0.4, -0.2) is 39.2 Å². The molecule has 0 spiro atoms. The predicted octanol–water partition coefficient (Wildman–Crippen LogP) is 3.42. The van der Waals surface area contributed by atoms with Crippen molar-refractivity contribution in [3.63, 3.8) is 0 Å². The lowest BCUT2D eigenvalue weighted by molar-refractivity contribution is -0.127. The lowest BCUT2D eigenvalue weighted by atomic mass is 10.2. The van der Waals surface area contributed by atoms with Gasteiger partial charge in [0.25, 0.3) is 5.56 Å². The van der Waals surface area contributed by atoms with E-state index in [1.165, 1.54) is 11.8 Å². The summed E-state index contributed by atoms with van der Waals surface area (Å²) < 4.78 is 1.67. The van der Waals surface area contributed by atoms with E-state index in [1.807, 2.05) is 7.05 Å². The van der Waals surface area contributed by atoms with Gasteiger partial charge in [0.05, 0.1) is 16.7 Å². The Hall–Kier alpha value is -1.53. The minimum absolute atomic E-state index is 0.0778. The third-order valence-corrected chi connectivity index (χ3v) is 5.44. The van der Waals surface area contributed by atoms with E-state index in [9.17, 15) is 9.59 Å². The molecule has 1 aromatic heterocycles. The molecule has 1 saturated carbocycles. The Morgan fingerprint density at radius 2 is 2.16 bits per heavy atom. The first-order valence-corrected chi connectivity index (χ1v) is 9.81. The first-order chi connectivity index (χ1) is 11.9. The van der Waals surface area contributed by atoms with E-state index >= 15 is 0 Å². The minimum atomic E-state index is -0.105. The largest absolute Gasteiger partial charge is 0.342 e. The molecule has 134 valence electrons. The number of halogens is 1. The number of amides is 1. The van der Waals surface area contributed by atoms with Gasteiger partial charge < -0.3 is 4.90 Å². The van der Waals surface area contributed by atoms with Gasteiger partial charge in [-0.25, -0.2) is 4.98 Å². The van der Waals surface area contributed by atoms with Gasteiger partial charge in [-0.1, -0.05) is 37.2 Å². The summed E-state index contributed by atoms with van der Waals surface area (Å²) in [5.74, 6) is 0.658. The molecule has 2 aromatic rings. The summed E-state index contributed by atoms with van der Waals surface area (Å²) >= 11 is 7.36. The van der Waals surface area contributed by atoms with Crippen molar-refractivity contribution in [2.75, 3.05) is 12.8 Å². The van der Waals surface area contributed by atoms with Crippen molar-refractivity contribution in [3.05, 3.63) is 33.6 Å². The van der Waals surface area contributed by atoms with Crippen LogP contribution in [0.3, 0.4) is 0 Å². The van der Waals surface area contributed by atoms with Crippen LogP contribution in [0.2, 0.25) is 5.02 Å². The molecule has 0 saturated heterocycles. The molecule has 7 heteroatoms.